The molecule has 1 atom stereocenters. The highest BCUT2D eigenvalue weighted by molar-refractivity contribution is 5.95. The second-order valence-corrected chi connectivity index (χ2v) is 5.61. The zero-order valence-electron chi connectivity index (χ0n) is 13.7. The van der Waals surface area contributed by atoms with Crippen LogP contribution in [0.2, 0.25) is 0 Å². The van der Waals surface area contributed by atoms with E-state index in [1.165, 1.54) is 12.1 Å². The highest BCUT2D eigenvalue weighted by atomic mass is 19.4. The summed E-state index contributed by atoms with van der Waals surface area (Å²) in [7, 11) is 0. The molecule has 0 N–H and O–H groups in total. The minimum absolute atomic E-state index is 0.265. The standard InChI is InChI=1S/C15H16F3N3O5/c1-10(13(22)19-5-7-26-8-6-19)11-3-2-4-12(9-11)20(21(24)25)14(23)15(16,17)18/h2-4,9-10H,5-8H2,1H3. The maximum absolute atomic E-state index is 12.6. The Balaban J connectivity index is 2.29. The van der Waals surface area contributed by atoms with Crippen molar-refractivity contribution in [2.45, 2.75) is 19.0 Å². The summed E-state index contributed by atoms with van der Waals surface area (Å²) in [6.07, 6.45) is -5.40. The normalized spacial score (nSPS) is 16.1. The summed E-state index contributed by atoms with van der Waals surface area (Å²) in [5, 5.41) is 8.96. The van der Waals surface area contributed by atoms with Crippen molar-refractivity contribution in [2.24, 2.45) is 0 Å². The average molecular weight is 375 g/mol. The number of ether oxygens (including phenoxy) is 1. The molecular formula is C15H16F3N3O5. The van der Waals surface area contributed by atoms with Crippen LogP contribution in [0.5, 0.6) is 0 Å². The van der Waals surface area contributed by atoms with Crippen molar-refractivity contribution in [3.8, 4) is 0 Å². The molecule has 11 heteroatoms. The number of carbonyl (C=O) groups is 2. The molecule has 0 saturated carbocycles. The molecule has 142 valence electrons. The number of amides is 2. The van der Waals surface area contributed by atoms with Gasteiger partial charge in [0.2, 0.25) is 5.91 Å². The van der Waals surface area contributed by atoms with Gasteiger partial charge in [0.1, 0.15) is 5.69 Å². The number of halogens is 3. The van der Waals surface area contributed by atoms with E-state index >= 15 is 0 Å². The number of carbonyl (C=O) groups excluding carboxylic acids is 2. The SMILES string of the molecule is CC(C(=O)N1CCOCC1)c1cccc(N(C(=O)C(F)(F)F)[N+](=O)[O-])c1. The number of benzene rings is 1. The Kier molecular flexibility index (Phi) is 5.80. The fourth-order valence-electron chi connectivity index (χ4n) is 2.53. The van der Waals surface area contributed by atoms with Gasteiger partial charge in [0.25, 0.3) is 0 Å². The maximum atomic E-state index is 12.6. The smallest absolute Gasteiger partial charge is 0.378 e. The van der Waals surface area contributed by atoms with Crippen LogP contribution in [-0.2, 0) is 14.3 Å². The fraction of sp³-hybridized carbons (Fsp3) is 0.467. The molecule has 0 bridgehead atoms. The van der Waals surface area contributed by atoms with Gasteiger partial charge in [-0.3, -0.25) is 9.59 Å². The largest absolute Gasteiger partial charge is 0.477 e. The summed E-state index contributed by atoms with van der Waals surface area (Å²) in [5.41, 5.74) is -0.308. The first-order valence-electron chi connectivity index (χ1n) is 7.65. The number of hydrogen-bond acceptors (Lipinski definition) is 5. The van der Waals surface area contributed by atoms with Crippen LogP contribution in [0.4, 0.5) is 18.9 Å². The third-order valence-electron chi connectivity index (χ3n) is 3.91. The number of nitrogens with zero attached hydrogens (tertiary/aromatic N) is 3. The van der Waals surface area contributed by atoms with Crippen molar-refractivity contribution in [1.82, 2.24) is 4.90 Å². The van der Waals surface area contributed by atoms with Crippen LogP contribution in [0.15, 0.2) is 24.3 Å². The Bertz CT molecular complexity index is 704. The summed E-state index contributed by atoms with van der Waals surface area (Å²) in [6.45, 7) is 3.08. The first-order valence-corrected chi connectivity index (χ1v) is 7.65. The van der Waals surface area contributed by atoms with E-state index in [9.17, 15) is 32.9 Å². The first-order chi connectivity index (χ1) is 12.1. The zero-order valence-corrected chi connectivity index (χ0v) is 13.7. The lowest BCUT2D eigenvalue weighted by molar-refractivity contribution is -0.486. The molecular weight excluding hydrogens is 359 g/mol. The van der Waals surface area contributed by atoms with Gasteiger partial charge in [-0.15, -0.1) is 0 Å². The van der Waals surface area contributed by atoms with E-state index in [-0.39, 0.29) is 11.5 Å². The van der Waals surface area contributed by atoms with Crippen LogP contribution >= 0.6 is 0 Å². The number of morpholine rings is 1. The topological polar surface area (TPSA) is 93.0 Å². The van der Waals surface area contributed by atoms with E-state index in [4.69, 9.17) is 4.74 Å². The molecule has 1 saturated heterocycles. The summed E-state index contributed by atoms with van der Waals surface area (Å²) >= 11 is 0. The number of anilines is 1. The van der Waals surface area contributed by atoms with Gasteiger partial charge in [0, 0.05) is 13.1 Å². The van der Waals surface area contributed by atoms with Crippen molar-refractivity contribution in [2.75, 3.05) is 31.3 Å². The van der Waals surface area contributed by atoms with Gasteiger partial charge < -0.3 is 9.64 Å². The third-order valence-corrected chi connectivity index (χ3v) is 3.91. The number of rotatable bonds is 4. The molecule has 1 aromatic rings. The number of nitro groups is 1. The molecule has 2 amide bonds. The molecule has 1 aliphatic rings. The van der Waals surface area contributed by atoms with E-state index in [2.05, 4.69) is 0 Å². The van der Waals surface area contributed by atoms with E-state index in [1.54, 1.807) is 11.8 Å². The third kappa shape index (κ3) is 4.28. The second kappa shape index (κ2) is 7.68. The predicted molar refractivity (Wildman–Crippen MR) is 82.8 cm³/mol. The van der Waals surface area contributed by atoms with Crippen molar-refractivity contribution >= 4 is 17.5 Å². The van der Waals surface area contributed by atoms with Crippen molar-refractivity contribution in [3.05, 3.63) is 39.9 Å². The number of hydrogen-bond donors (Lipinski definition) is 0. The van der Waals surface area contributed by atoms with E-state index in [0.717, 1.165) is 12.1 Å². The Labute approximate surface area is 146 Å². The molecule has 0 aliphatic carbocycles. The van der Waals surface area contributed by atoms with Crippen LogP contribution in [0, 0.1) is 10.1 Å². The zero-order chi connectivity index (χ0) is 19.5. The van der Waals surface area contributed by atoms with Gasteiger partial charge in [-0.25, -0.2) is 10.1 Å². The van der Waals surface area contributed by atoms with Crippen LogP contribution in [0.1, 0.15) is 18.4 Å². The Morgan fingerprint density at radius 3 is 2.46 bits per heavy atom. The Morgan fingerprint density at radius 1 is 1.31 bits per heavy atom. The first kappa shape index (κ1) is 19.6. The Morgan fingerprint density at radius 2 is 1.92 bits per heavy atom. The lowest BCUT2D eigenvalue weighted by Gasteiger charge is -2.29. The second-order valence-electron chi connectivity index (χ2n) is 5.61. The van der Waals surface area contributed by atoms with Crippen molar-refractivity contribution in [1.29, 1.82) is 0 Å². The van der Waals surface area contributed by atoms with Crippen LogP contribution in [0.3, 0.4) is 0 Å². The molecule has 2 rings (SSSR count). The van der Waals surface area contributed by atoms with E-state index < -0.39 is 33.7 Å². The van der Waals surface area contributed by atoms with Gasteiger partial charge in [0.05, 0.1) is 19.1 Å². The molecule has 0 aromatic heterocycles. The van der Waals surface area contributed by atoms with Crippen molar-refractivity contribution in [3.63, 3.8) is 0 Å². The quantitative estimate of drug-likeness (QED) is 0.590. The molecule has 1 aromatic carbocycles. The van der Waals surface area contributed by atoms with Crippen molar-refractivity contribution < 1.29 is 32.5 Å². The van der Waals surface area contributed by atoms with Gasteiger partial charge in [-0.2, -0.15) is 13.2 Å². The molecule has 1 heterocycles. The number of alkyl halides is 3. The molecule has 26 heavy (non-hydrogen) atoms. The summed E-state index contributed by atoms with van der Waals surface area (Å²) < 4.78 is 43.0. The lowest BCUT2D eigenvalue weighted by Crippen LogP contribution is -2.45. The average Bonchev–Trinajstić information content (AvgIpc) is 2.60. The van der Waals surface area contributed by atoms with Gasteiger partial charge in [0.15, 0.2) is 5.03 Å². The number of hydrazine groups is 1. The molecule has 0 spiro atoms. The van der Waals surface area contributed by atoms with Crippen LogP contribution < -0.4 is 5.01 Å². The highest BCUT2D eigenvalue weighted by Gasteiger charge is 2.49. The Hall–Kier alpha value is -2.69. The summed E-state index contributed by atoms with van der Waals surface area (Å²) in [4.78, 5) is 36.3. The minimum Gasteiger partial charge on any atom is -0.378 e. The van der Waals surface area contributed by atoms with E-state index in [1.807, 2.05) is 0 Å². The van der Waals surface area contributed by atoms with Gasteiger partial charge in [-0.05, 0) is 29.6 Å². The molecule has 8 nitrogen and oxygen atoms in total. The lowest BCUT2D eigenvalue weighted by atomic mass is 9.98. The van der Waals surface area contributed by atoms with Crippen LogP contribution in [0.25, 0.3) is 0 Å². The minimum atomic E-state index is -5.40. The predicted octanol–water partition coefficient (Wildman–Crippen LogP) is 1.74. The fourth-order valence-corrected chi connectivity index (χ4v) is 2.53. The monoisotopic (exact) mass is 375 g/mol. The highest BCUT2D eigenvalue weighted by Crippen LogP contribution is 2.27. The summed E-state index contributed by atoms with van der Waals surface area (Å²) in [5.74, 6) is -3.64. The maximum Gasteiger partial charge on any atom is 0.477 e. The molecule has 0 radical (unpaired) electrons. The van der Waals surface area contributed by atoms with Gasteiger partial charge in [-0.1, -0.05) is 12.1 Å². The summed E-state index contributed by atoms with van der Waals surface area (Å²) in [6, 6.07) is 4.76. The molecule has 1 aliphatic heterocycles. The van der Waals surface area contributed by atoms with E-state index in [0.29, 0.717) is 26.3 Å². The van der Waals surface area contributed by atoms with Crippen LogP contribution in [-0.4, -0.2) is 54.2 Å². The van der Waals surface area contributed by atoms with Gasteiger partial charge >= 0.3 is 12.1 Å². The molecule has 1 fully saturated rings. The molecule has 1 unspecified atom stereocenters.